The third kappa shape index (κ3) is 3.15. The maximum Gasteiger partial charge on any atom is 0.321 e. The molecule has 2 N–H and O–H groups in total. The second kappa shape index (κ2) is 6.96. The summed E-state index contributed by atoms with van der Waals surface area (Å²) < 4.78 is 21.1. The molecule has 1 aliphatic rings. The van der Waals surface area contributed by atoms with Gasteiger partial charge in [0.05, 0.1) is 11.9 Å². The molecule has 3 aromatic rings. The molecule has 0 aliphatic heterocycles. The second-order valence-corrected chi connectivity index (χ2v) is 6.21. The minimum atomic E-state index is -0.588. The summed E-state index contributed by atoms with van der Waals surface area (Å²) in [5.74, 6) is -0.267. The Morgan fingerprint density at radius 1 is 1.19 bits per heavy atom. The highest BCUT2D eigenvalue weighted by Gasteiger charge is 2.27. The first kappa shape index (κ1) is 16.8. The number of hydrogen-bond donors (Lipinski definition) is 1. The SMILES string of the molecule is N#Cc1nc(-c2ccc(C3CCC3)c(Oc3ncccn3)c2F)cnc1N. The Hall–Kier alpha value is -3.60. The van der Waals surface area contributed by atoms with Gasteiger partial charge in [0.15, 0.2) is 23.1 Å². The summed E-state index contributed by atoms with van der Waals surface area (Å²) in [6.07, 6.45) is 7.44. The van der Waals surface area contributed by atoms with Crippen LogP contribution in [0.3, 0.4) is 0 Å². The normalized spacial score (nSPS) is 13.6. The molecule has 134 valence electrons. The first-order valence-corrected chi connectivity index (χ1v) is 8.47. The zero-order chi connectivity index (χ0) is 18.8. The number of rotatable bonds is 4. The number of halogens is 1. The van der Waals surface area contributed by atoms with Crippen molar-refractivity contribution in [3.63, 3.8) is 0 Å². The van der Waals surface area contributed by atoms with Crippen molar-refractivity contribution in [3.8, 4) is 29.1 Å². The Bertz CT molecular complexity index is 1030. The molecule has 0 saturated heterocycles. The van der Waals surface area contributed by atoms with Crippen LogP contribution in [0, 0.1) is 17.1 Å². The van der Waals surface area contributed by atoms with Gasteiger partial charge in [-0.25, -0.2) is 24.3 Å². The van der Waals surface area contributed by atoms with Gasteiger partial charge in [0.1, 0.15) is 6.07 Å². The zero-order valence-electron chi connectivity index (χ0n) is 14.3. The molecule has 7 nitrogen and oxygen atoms in total. The third-order valence-electron chi connectivity index (χ3n) is 4.59. The van der Waals surface area contributed by atoms with Gasteiger partial charge in [-0.15, -0.1) is 0 Å². The number of nitriles is 1. The topological polar surface area (TPSA) is 111 Å². The second-order valence-electron chi connectivity index (χ2n) is 6.21. The lowest BCUT2D eigenvalue weighted by atomic mass is 9.79. The Balaban J connectivity index is 1.82. The number of anilines is 1. The lowest BCUT2D eigenvalue weighted by Gasteiger charge is -2.28. The molecule has 0 spiro atoms. The van der Waals surface area contributed by atoms with Crippen molar-refractivity contribution in [2.45, 2.75) is 25.2 Å². The minimum Gasteiger partial charge on any atom is -0.421 e. The Morgan fingerprint density at radius 3 is 2.63 bits per heavy atom. The number of aromatic nitrogens is 4. The van der Waals surface area contributed by atoms with Gasteiger partial charge >= 0.3 is 6.01 Å². The summed E-state index contributed by atoms with van der Waals surface area (Å²) >= 11 is 0. The summed E-state index contributed by atoms with van der Waals surface area (Å²) in [7, 11) is 0. The lowest BCUT2D eigenvalue weighted by molar-refractivity contribution is 0.371. The summed E-state index contributed by atoms with van der Waals surface area (Å²) in [6, 6.07) is 7.02. The van der Waals surface area contributed by atoms with E-state index < -0.39 is 5.82 Å². The van der Waals surface area contributed by atoms with Crippen LogP contribution >= 0.6 is 0 Å². The smallest absolute Gasteiger partial charge is 0.321 e. The number of nitrogens with zero attached hydrogens (tertiary/aromatic N) is 5. The fourth-order valence-electron chi connectivity index (χ4n) is 2.95. The molecule has 0 unspecified atom stereocenters. The Labute approximate surface area is 154 Å². The summed E-state index contributed by atoms with van der Waals surface area (Å²) in [5.41, 5.74) is 6.71. The van der Waals surface area contributed by atoms with Gasteiger partial charge in [0, 0.05) is 23.5 Å². The highest BCUT2D eigenvalue weighted by atomic mass is 19.1. The van der Waals surface area contributed by atoms with Gasteiger partial charge < -0.3 is 10.5 Å². The number of benzene rings is 1. The van der Waals surface area contributed by atoms with Crippen molar-refractivity contribution in [1.82, 2.24) is 19.9 Å². The molecular formula is C19H15FN6O. The number of nitrogens with two attached hydrogens (primary N) is 1. The summed E-state index contributed by atoms with van der Waals surface area (Å²) in [6.45, 7) is 0. The molecule has 8 heteroatoms. The van der Waals surface area contributed by atoms with Crippen LogP contribution in [-0.2, 0) is 0 Å². The summed E-state index contributed by atoms with van der Waals surface area (Å²) in [4.78, 5) is 16.1. The van der Waals surface area contributed by atoms with Crippen molar-refractivity contribution < 1.29 is 9.13 Å². The Kier molecular flexibility index (Phi) is 4.34. The highest BCUT2D eigenvalue weighted by Crippen LogP contribution is 2.44. The van der Waals surface area contributed by atoms with Crippen LogP contribution in [-0.4, -0.2) is 19.9 Å². The molecule has 1 fully saturated rings. The van der Waals surface area contributed by atoms with Crippen molar-refractivity contribution >= 4 is 5.82 Å². The average molecular weight is 362 g/mol. The fourth-order valence-corrected chi connectivity index (χ4v) is 2.95. The maximum absolute atomic E-state index is 15.4. The monoisotopic (exact) mass is 362 g/mol. The number of ether oxygens (including phenoxy) is 1. The zero-order valence-corrected chi connectivity index (χ0v) is 14.3. The van der Waals surface area contributed by atoms with E-state index in [2.05, 4.69) is 19.9 Å². The van der Waals surface area contributed by atoms with Gasteiger partial charge in [-0.05, 0) is 30.9 Å². The van der Waals surface area contributed by atoms with Crippen molar-refractivity contribution in [3.05, 3.63) is 53.9 Å². The highest BCUT2D eigenvalue weighted by molar-refractivity contribution is 5.65. The number of hydrogen-bond acceptors (Lipinski definition) is 7. The molecule has 1 saturated carbocycles. The van der Waals surface area contributed by atoms with E-state index in [0.29, 0.717) is 0 Å². The van der Waals surface area contributed by atoms with Crippen LogP contribution in [0.2, 0.25) is 0 Å². The predicted molar refractivity (Wildman–Crippen MR) is 95.3 cm³/mol. The summed E-state index contributed by atoms with van der Waals surface area (Å²) in [5, 5.41) is 9.10. The van der Waals surface area contributed by atoms with E-state index in [1.807, 2.05) is 12.1 Å². The van der Waals surface area contributed by atoms with Crippen LogP contribution in [0.15, 0.2) is 36.8 Å². The van der Waals surface area contributed by atoms with Gasteiger partial charge in [0.25, 0.3) is 0 Å². The molecule has 0 amide bonds. The first-order chi connectivity index (χ1) is 13.2. The van der Waals surface area contributed by atoms with E-state index in [-0.39, 0.29) is 40.4 Å². The molecule has 2 heterocycles. The molecule has 1 aromatic carbocycles. The van der Waals surface area contributed by atoms with Crippen LogP contribution in [0.5, 0.6) is 11.8 Å². The van der Waals surface area contributed by atoms with Gasteiger partial charge in [-0.3, -0.25) is 0 Å². The molecule has 4 rings (SSSR count). The van der Waals surface area contributed by atoms with E-state index in [1.54, 1.807) is 12.1 Å². The lowest BCUT2D eigenvalue weighted by Crippen LogP contribution is -2.11. The maximum atomic E-state index is 15.4. The Morgan fingerprint density at radius 2 is 1.96 bits per heavy atom. The van der Waals surface area contributed by atoms with E-state index >= 15 is 4.39 Å². The van der Waals surface area contributed by atoms with E-state index in [1.165, 1.54) is 18.6 Å². The van der Waals surface area contributed by atoms with Crippen molar-refractivity contribution in [1.29, 1.82) is 5.26 Å². The van der Waals surface area contributed by atoms with E-state index in [4.69, 9.17) is 15.7 Å². The predicted octanol–water partition coefficient (Wildman–Crippen LogP) is 3.59. The van der Waals surface area contributed by atoms with Gasteiger partial charge in [0.2, 0.25) is 0 Å². The molecule has 2 aromatic heterocycles. The average Bonchev–Trinajstić information content (AvgIpc) is 2.65. The molecular weight excluding hydrogens is 347 g/mol. The van der Waals surface area contributed by atoms with Crippen LogP contribution in [0.4, 0.5) is 10.2 Å². The van der Waals surface area contributed by atoms with Crippen molar-refractivity contribution in [2.24, 2.45) is 0 Å². The fraction of sp³-hybridized carbons (Fsp3) is 0.211. The quantitative estimate of drug-likeness (QED) is 0.755. The van der Waals surface area contributed by atoms with E-state index in [9.17, 15) is 0 Å². The van der Waals surface area contributed by atoms with Crippen LogP contribution in [0.1, 0.15) is 36.4 Å². The van der Waals surface area contributed by atoms with E-state index in [0.717, 1.165) is 24.8 Å². The number of nitrogen functional groups attached to an aromatic ring is 1. The molecule has 0 atom stereocenters. The van der Waals surface area contributed by atoms with Crippen LogP contribution in [0.25, 0.3) is 11.3 Å². The molecule has 0 bridgehead atoms. The minimum absolute atomic E-state index is 0.00176. The van der Waals surface area contributed by atoms with Crippen molar-refractivity contribution in [2.75, 3.05) is 5.73 Å². The van der Waals surface area contributed by atoms with Gasteiger partial charge in [-0.2, -0.15) is 5.26 Å². The first-order valence-electron chi connectivity index (χ1n) is 8.47. The molecule has 1 aliphatic carbocycles. The molecule has 0 radical (unpaired) electrons. The standard InChI is InChI=1S/C19H15FN6O/c20-16-13(15-10-25-18(22)14(9-21)26-15)6-5-12(11-3-1-4-11)17(16)27-19-23-7-2-8-24-19/h2,5-8,10-11H,1,3-4H2,(H2,22,25). The van der Waals surface area contributed by atoms with Crippen LogP contribution < -0.4 is 10.5 Å². The largest absolute Gasteiger partial charge is 0.421 e. The van der Waals surface area contributed by atoms with Gasteiger partial charge in [-0.1, -0.05) is 12.5 Å². The molecule has 27 heavy (non-hydrogen) atoms. The third-order valence-corrected chi connectivity index (χ3v) is 4.59.